The van der Waals surface area contributed by atoms with E-state index in [0.29, 0.717) is 6.54 Å². The Labute approximate surface area is 110 Å². The number of halogens is 1. The van der Waals surface area contributed by atoms with E-state index in [2.05, 4.69) is 11.1 Å². The second-order valence-electron chi connectivity index (χ2n) is 3.69. The van der Waals surface area contributed by atoms with Crippen molar-refractivity contribution in [3.05, 3.63) is 41.2 Å². The third-order valence-electron chi connectivity index (χ3n) is 2.43. The summed E-state index contributed by atoms with van der Waals surface area (Å²) in [5.74, 6) is 0. The van der Waals surface area contributed by atoms with Gasteiger partial charge in [-0.05, 0) is 36.4 Å². The van der Waals surface area contributed by atoms with Crippen LogP contribution in [0.1, 0.15) is 5.56 Å². The third kappa shape index (κ3) is 2.83. The number of rotatable bonds is 4. The monoisotopic (exact) mass is 267 g/mol. The average molecular weight is 268 g/mol. The molecule has 0 bridgehead atoms. The molecule has 0 aliphatic heterocycles. The highest BCUT2D eigenvalue weighted by Crippen LogP contribution is 2.35. The van der Waals surface area contributed by atoms with Gasteiger partial charge in [-0.2, -0.15) is 0 Å². The van der Waals surface area contributed by atoms with Crippen LogP contribution >= 0.6 is 23.4 Å². The maximum absolute atomic E-state index is 6.24. The summed E-state index contributed by atoms with van der Waals surface area (Å²) in [4.78, 5) is 5.34. The van der Waals surface area contributed by atoms with Gasteiger partial charge in [0.1, 0.15) is 0 Å². The number of aromatic nitrogens is 2. The van der Waals surface area contributed by atoms with Gasteiger partial charge in [-0.25, -0.2) is 4.98 Å². The van der Waals surface area contributed by atoms with Gasteiger partial charge in [-0.1, -0.05) is 23.7 Å². The van der Waals surface area contributed by atoms with Crippen molar-refractivity contribution in [1.29, 1.82) is 0 Å². The van der Waals surface area contributed by atoms with Crippen LogP contribution in [0.2, 0.25) is 5.02 Å². The second kappa shape index (κ2) is 5.58. The first-order chi connectivity index (χ1) is 8.22. The minimum absolute atomic E-state index is 0.620. The summed E-state index contributed by atoms with van der Waals surface area (Å²) >= 11 is 7.81. The van der Waals surface area contributed by atoms with Gasteiger partial charge >= 0.3 is 0 Å². The number of imidazole rings is 1. The van der Waals surface area contributed by atoms with Crippen molar-refractivity contribution >= 4 is 23.4 Å². The van der Waals surface area contributed by atoms with E-state index in [-0.39, 0.29) is 0 Å². The largest absolute Gasteiger partial charge is 0.330 e. The van der Waals surface area contributed by atoms with Crippen LogP contribution in [-0.2, 0) is 13.5 Å². The van der Waals surface area contributed by atoms with Gasteiger partial charge in [0, 0.05) is 24.3 Å². The summed E-state index contributed by atoms with van der Waals surface area (Å²) in [5, 5.41) is 1.68. The predicted molar refractivity (Wildman–Crippen MR) is 71.5 cm³/mol. The van der Waals surface area contributed by atoms with Crippen LogP contribution in [0.4, 0.5) is 0 Å². The Bertz CT molecular complexity index is 510. The Morgan fingerprint density at radius 3 is 2.94 bits per heavy atom. The fourth-order valence-corrected chi connectivity index (χ4v) is 2.84. The smallest absolute Gasteiger partial charge is 0.172 e. The van der Waals surface area contributed by atoms with E-state index in [1.807, 2.05) is 29.9 Å². The van der Waals surface area contributed by atoms with Gasteiger partial charge in [0.2, 0.25) is 0 Å². The molecule has 3 nitrogen and oxygen atoms in total. The van der Waals surface area contributed by atoms with Crippen LogP contribution < -0.4 is 5.73 Å². The lowest BCUT2D eigenvalue weighted by Crippen LogP contribution is -2.04. The summed E-state index contributed by atoms with van der Waals surface area (Å²) in [6, 6.07) is 5.91. The molecule has 1 aromatic carbocycles. The molecule has 0 amide bonds. The molecular weight excluding hydrogens is 254 g/mol. The van der Waals surface area contributed by atoms with Crippen molar-refractivity contribution in [3.8, 4) is 0 Å². The van der Waals surface area contributed by atoms with Crippen LogP contribution in [0.5, 0.6) is 0 Å². The number of nitrogens with zero attached hydrogens (tertiary/aromatic N) is 2. The number of benzene rings is 1. The van der Waals surface area contributed by atoms with Crippen molar-refractivity contribution in [2.75, 3.05) is 6.54 Å². The predicted octanol–water partition coefficient (Wildman–Crippen LogP) is 2.73. The fraction of sp³-hybridized carbons (Fsp3) is 0.250. The van der Waals surface area contributed by atoms with Gasteiger partial charge in [-0.15, -0.1) is 0 Å². The highest BCUT2D eigenvalue weighted by Gasteiger charge is 2.10. The van der Waals surface area contributed by atoms with Gasteiger partial charge in [0.05, 0.1) is 5.02 Å². The standard InChI is InChI=1S/C12H14ClN3S/c1-16-8-7-15-12(16)17-11-9(5-6-14)3-2-4-10(11)13/h2-4,7-8H,5-6,14H2,1H3. The SMILES string of the molecule is Cn1ccnc1Sc1c(Cl)cccc1CCN. The number of aryl methyl sites for hydroxylation is 1. The van der Waals surface area contributed by atoms with Crippen LogP contribution in [0, 0.1) is 0 Å². The van der Waals surface area contributed by atoms with E-state index in [9.17, 15) is 0 Å². The van der Waals surface area contributed by atoms with E-state index in [0.717, 1.165) is 21.5 Å². The lowest BCUT2D eigenvalue weighted by molar-refractivity contribution is 0.789. The highest BCUT2D eigenvalue weighted by molar-refractivity contribution is 7.99. The Morgan fingerprint density at radius 2 is 2.29 bits per heavy atom. The fourth-order valence-electron chi connectivity index (χ4n) is 1.56. The van der Waals surface area contributed by atoms with Gasteiger partial charge in [-0.3, -0.25) is 0 Å². The molecule has 0 aliphatic rings. The maximum atomic E-state index is 6.24. The summed E-state index contributed by atoms with van der Waals surface area (Å²) in [6.45, 7) is 0.620. The molecule has 2 aromatic rings. The first-order valence-electron chi connectivity index (χ1n) is 5.35. The molecule has 0 atom stereocenters. The summed E-state index contributed by atoms with van der Waals surface area (Å²) in [7, 11) is 1.97. The molecular formula is C12H14ClN3S. The summed E-state index contributed by atoms with van der Waals surface area (Å²) in [6.07, 6.45) is 4.52. The third-order valence-corrected chi connectivity index (χ3v) is 4.12. The van der Waals surface area contributed by atoms with Crippen molar-refractivity contribution in [2.24, 2.45) is 12.8 Å². The molecule has 0 spiro atoms. The highest BCUT2D eigenvalue weighted by atomic mass is 35.5. The topological polar surface area (TPSA) is 43.8 Å². The second-order valence-corrected chi connectivity index (χ2v) is 5.07. The molecule has 2 rings (SSSR count). The Hall–Kier alpha value is -0.970. The molecule has 0 unspecified atom stereocenters. The van der Waals surface area contributed by atoms with E-state index >= 15 is 0 Å². The molecule has 90 valence electrons. The van der Waals surface area contributed by atoms with Crippen LogP contribution in [0.3, 0.4) is 0 Å². The minimum Gasteiger partial charge on any atom is -0.330 e. The normalized spacial score (nSPS) is 10.8. The van der Waals surface area contributed by atoms with Crippen molar-refractivity contribution in [1.82, 2.24) is 9.55 Å². The molecule has 0 fully saturated rings. The van der Waals surface area contributed by atoms with Gasteiger partial charge in [0.15, 0.2) is 5.16 Å². The van der Waals surface area contributed by atoms with E-state index < -0.39 is 0 Å². The molecule has 17 heavy (non-hydrogen) atoms. The zero-order chi connectivity index (χ0) is 12.3. The lowest BCUT2D eigenvalue weighted by atomic mass is 10.1. The van der Waals surface area contributed by atoms with Crippen molar-refractivity contribution in [3.63, 3.8) is 0 Å². The molecule has 0 aliphatic carbocycles. The number of nitrogens with two attached hydrogens (primary N) is 1. The zero-order valence-electron chi connectivity index (χ0n) is 9.56. The molecule has 0 radical (unpaired) electrons. The molecule has 0 saturated heterocycles. The van der Waals surface area contributed by atoms with E-state index in [1.54, 1.807) is 18.0 Å². The molecule has 1 heterocycles. The molecule has 5 heteroatoms. The Balaban J connectivity index is 2.34. The first-order valence-corrected chi connectivity index (χ1v) is 6.54. The van der Waals surface area contributed by atoms with E-state index in [1.165, 1.54) is 5.56 Å². The molecule has 2 N–H and O–H groups in total. The van der Waals surface area contributed by atoms with Crippen molar-refractivity contribution in [2.45, 2.75) is 16.5 Å². The van der Waals surface area contributed by atoms with Crippen LogP contribution in [0.15, 0.2) is 40.6 Å². The lowest BCUT2D eigenvalue weighted by Gasteiger charge is -2.09. The maximum Gasteiger partial charge on any atom is 0.172 e. The first kappa shape index (κ1) is 12.5. The quantitative estimate of drug-likeness (QED) is 0.926. The number of hydrogen-bond acceptors (Lipinski definition) is 3. The van der Waals surface area contributed by atoms with Crippen molar-refractivity contribution < 1.29 is 0 Å². The van der Waals surface area contributed by atoms with Gasteiger partial charge in [0.25, 0.3) is 0 Å². The minimum atomic E-state index is 0.620. The van der Waals surface area contributed by atoms with E-state index in [4.69, 9.17) is 17.3 Å². The van der Waals surface area contributed by atoms with Gasteiger partial charge < -0.3 is 10.3 Å². The Morgan fingerprint density at radius 1 is 1.47 bits per heavy atom. The average Bonchev–Trinajstić information content (AvgIpc) is 2.70. The summed E-state index contributed by atoms with van der Waals surface area (Å²) < 4.78 is 1.97. The van der Waals surface area contributed by atoms with Crippen LogP contribution in [0.25, 0.3) is 0 Å². The molecule has 0 saturated carbocycles. The van der Waals surface area contributed by atoms with Crippen LogP contribution in [-0.4, -0.2) is 16.1 Å². The summed E-state index contributed by atoms with van der Waals surface area (Å²) in [5.41, 5.74) is 6.78. The number of hydrogen-bond donors (Lipinski definition) is 1. The molecule has 1 aromatic heterocycles. The zero-order valence-corrected chi connectivity index (χ0v) is 11.1. The Kier molecular flexibility index (Phi) is 4.10.